The minimum absolute atomic E-state index is 0.742. The molecule has 1 heterocycles. The lowest BCUT2D eigenvalue weighted by atomic mass is 10.2. The van der Waals surface area contributed by atoms with Gasteiger partial charge in [0.25, 0.3) is 0 Å². The van der Waals surface area contributed by atoms with Gasteiger partial charge in [0.15, 0.2) is 0 Å². The molecule has 0 saturated heterocycles. The van der Waals surface area contributed by atoms with Gasteiger partial charge in [0.1, 0.15) is 0 Å². The van der Waals surface area contributed by atoms with Gasteiger partial charge in [-0.3, -0.25) is 0 Å². The fourth-order valence-corrected chi connectivity index (χ4v) is 1.75. The van der Waals surface area contributed by atoms with Gasteiger partial charge in [0, 0.05) is 13.6 Å². The first-order valence-corrected chi connectivity index (χ1v) is 5.62. The van der Waals surface area contributed by atoms with Crippen LogP contribution in [0.3, 0.4) is 0 Å². The normalized spacial score (nSPS) is 11.1. The van der Waals surface area contributed by atoms with Crippen molar-refractivity contribution in [2.45, 2.75) is 13.0 Å². The lowest BCUT2D eigenvalue weighted by molar-refractivity contribution is 0.656. The SMILES string of the molecule is Cn1cnc2cc(CNCCCN)ccc21. The Hall–Kier alpha value is -1.39. The van der Waals surface area contributed by atoms with Crippen molar-refractivity contribution in [2.75, 3.05) is 13.1 Å². The molecule has 4 heteroatoms. The Labute approximate surface area is 95.5 Å². The van der Waals surface area contributed by atoms with Gasteiger partial charge in [-0.1, -0.05) is 6.07 Å². The molecular formula is C12H18N4. The second-order valence-corrected chi connectivity index (χ2v) is 4.00. The van der Waals surface area contributed by atoms with Crippen LogP contribution in [0.15, 0.2) is 24.5 Å². The molecule has 0 aliphatic carbocycles. The number of nitrogens with zero attached hydrogens (tertiary/aromatic N) is 2. The Morgan fingerprint density at radius 1 is 1.44 bits per heavy atom. The van der Waals surface area contributed by atoms with Gasteiger partial charge in [-0.2, -0.15) is 0 Å². The number of hydrogen-bond acceptors (Lipinski definition) is 3. The highest BCUT2D eigenvalue weighted by Gasteiger charge is 2.00. The van der Waals surface area contributed by atoms with Gasteiger partial charge in [-0.15, -0.1) is 0 Å². The van der Waals surface area contributed by atoms with E-state index in [1.165, 1.54) is 11.1 Å². The Morgan fingerprint density at radius 2 is 2.31 bits per heavy atom. The summed E-state index contributed by atoms with van der Waals surface area (Å²) < 4.78 is 2.03. The third-order valence-corrected chi connectivity index (χ3v) is 2.68. The molecule has 0 unspecified atom stereocenters. The molecule has 0 radical (unpaired) electrons. The molecule has 0 amide bonds. The largest absolute Gasteiger partial charge is 0.334 e. The zero-order valence-electron chi connectivity index (χ0n) is 9.61. The van der Waals surface area contributed by atoms with Gasteiger partial charge in [0.2, 0.25) is 0 Å². The van der Waals surface area contributed by atoms with Gasteiger partial charge < -0.3 is 15.6 Å². The topological polar surface area (TPSA) is 55.9 Å². The van der Waals surface area contributed by atoms with Crippen molar-refractivity contribution in [1.82, 2.24) is 14.9 Å². The molecule has 0 aliphatic heterocycles. The Kier molecular flexibility index (Phi) is 3.54. The number of fused-ring (bicyclic) bond motifs is 1. The molecule has 0 bridgehead atoms. The lowest BCUT2D eigenvalue weighted by Crippen LogP contribution is -2.17. The summed E-state index contributed by atoms with van der Waals surface area (Å²) in [6.07, 6.45) is 2.86. The fourth-order valence-electron chi connectivity index (χ4n) is 1.75. The van der Waals surface area contributed by atoms with Crippen molar-refractivity contribution >= 4 is 11.0 Å². The number of nitrogens with one attached hydrogen (secondary N) is 1. The van der Waals surface area contributed by atoms with E-state index in [1.54, 1.807) is 0 Å². The summed E-state index contributed by atoms with van der Waals surface area (Å²) in [5.74, 6) is 0. The summed E-state index contributed by atoms with van der Waals surface area (Å²) in [7, 11) is 2.01. The number of aromatic nitrogens is 2. The maximum Gasteiger partial charge on any atom is 0.0955 e. The fraction of sp³-hybridized carbons (Fsp3) is 0.417. The summed E-state index contributed by atoms with van der Waals surface area (Å²) >= 11 is 0. The predicted octanol–water partition coefficient (Wildman–Crippen LogP) is 1.01. The van der Waals surface area contributed by atoms with E-state index >= 15 is 0 Å². The third-order valence-electron chi connectivity index (χ3n) is 2.68. The minimum atomic E-state index is 0.742. The van der Waals surface area contributed by atoms with Crippen molar-refractivity contribution in [1.29, 1.82) is 0 Å². The van der Waals surface area contributed by atoms with Crippen molar-refractivity contribution in [3.8, 4) is 0 Å². The molecule has 0 aliphatic rings. The maximum absolute atomic E-state index is 5.43. The van der Waals surface area contributed by atoms with Crippen LogP contribution in [-0.4, -0.2) is 22.6 Å². The summed E-state index contributed by atoms with van der Waals surface area (Å²) in [6, 6.07) is 6.38. The van der Waals surface area contributed by atoms with Crippen LogP contribution in [0.2, 0.25) is 0 Å². The monoisotopic (exact) mass is 218 g/mol. The molecule has 1 aromatic carbocycles. The molecular weight excluding hydrogens is 200 g/mol. The van der Waals surface area contributed by atoms with Crippen LogP contribution >= 0.6 is 0 Å². The highest BCUT2D eigenvalue weighted by Crippen LogP contribution is 2.13. The van der Waals surface area contributed by atoms with Crippen molar-refractivity contribution < 1.29 is 0 Å². The highest BCUT2D eigenvalue weighted by atomic mass is 15.0. The van der Waals surface area contributed by atoms with E-state index in [9.17, 15) is 0 Å². The number of imidazole rings is 1. The molecule has 0 atom stereocenters. The first-order chi connectivity index (χ1) is 7.81. The number of benzene rings is 1. The van der Waals surface area contributed by atoms with Crippen LogP contribution in [0, 0.1) is 0 Å². The summed E-state index contributed by atoms with van der Waals surface area (Å²) in [6.45, 7) is 2.59. The third kappa shape index (κ3) is 2.40. The van der Waals surface area contributed by atoms with Gasteiger partial charge in [-0.25, -0.2) is 4.98 Å². The number of nitrogens with two attached hydrogens (primary N) is 1. The van der Waals surface area contributed by atoms with E-state index in [4.69, 9.17) is 5.73 Å². The van der Waals surface area contributed by atoms with Crippen LogP contribution < -0.4 is 11.1 Å². The second kappa shape index (κ2) is 5.09. The van der Waals surface area contributed by atoms with E-state index in [2.05, 4.69) is 28.5 Å². The van der Waals surface area contributed by atoms with Crippen LogP contribution in [0.5, 0.6) is 0 Å². The first-order valence-electron chi connectivity index (χ1n) is 5.62. The van der Waals surface area contributed by atoms with Crippen LogP contribution in [-0.2, 0) is 13.6 Å². The van der Waals surface area contributed by atoms with E-state index < -0.39 is 0 Å². The molecule has 0 fully saturated rings. The van der Waals surface area contributed by atoms with Crippen LogP contribution in [0.4, 0.5) is 0 Å². The van der Waals surface area contributed by atoms with Crippen molar-refractivity contribution in [3.63, 3.8) is 0 Å². The van der Waals surface area contributed by atoms with E-state index in [1.807, 2.05) is 17.9 Å². The molecule has 2 aromatic rings. The molecule has 1 aromatic heterocycles. The van der Waals surface area contributed by atoms with E-state index in [0.29, 0.717) is 0 Å². The van der Waals surface area contributed by atoms with Crippen molar-refractivity contribution in [3.05, 3.63) is 30.1 Å². The molecule has 2 rings (SSSR count). The average molecular weight is 218 g/mol. The summed E-state index contributed by atoms with van der Waals surface area (Å²) in [4.78, 5) is 4.34. The number of hydrogen-bond donors (Lipinski definition) is 2. The zero-order chi connectivity index (χ0) is 11.4. The second-order valence-electron chi connectivity index (χ2n) is 4.00. The average Bonchev–Trinajstić information content (AvgIpc) is 2.66. The summed E-state index contributed by atoms with van der Waals surface area (Å²) in [5.41, 5.74) is 8.93. The number of rotatable bonds is 5. The van der Waals surface area contributed by atoms with Gasteiger partial charge >= 0.3 is 0 Å². The number of aryl methyl sites for hydroxylation is 1. The molecule has 3 N–H and O–H groups in total. The minimum Gasteiger partial charge on any atom is -0.334 e. The Morgan fingerprint density at radius 3 is 3.12 bits per heavy atom. The van der Waals surface area contributed by atoms with Gasteiger partial charge in [0.05, 0.1) is 17.4 Å². The molecule has 16 heavy (non-hydrogen) atoms. The van der Waals surface area contributed by atoms with E-state index in [0.717, 1.165) is 31.6 Å². The first kappa shape index (κ1) is 11.1. The zero-order valence-corrected chi connectivity index (χ0v) is 9.61. The van der Waals surface area contributed by atoms with Gasteiger partial charge in [-0.05, 0) is 37.2 Å². The summed E-state index contributed by atoms with van der Waals surface area (Å²) in [5, 5.41) is 3.36. The standard InChI is InChI=1S/C12H18N4/c1-16-9-15-11-7-10(3-4-12(11)16)8-14-6-2-5-13/h3-4,7,9,14H,2,5-6,8,13H2,1H3. The molecule has 4 nitrogen and oxygen atoms in total. The lowest BCUT2D eigenvalue weighted by Gasteiger charge is -2.04. The smallest absolute Gasteiger partial charge is 0.0955 e. The molecule has 0 saturated carbocycles. The van der Waals surface area contributed by atoms with Crippen molar-refractivity contribution in [2.24, 2.45) is 12.8 Å². The predicted molar refractivity (Wildman–Crippen MR) is 66.1 cm³/mol. The molecule has 86 valence electrons. The van der Waals surface area contributed by atoms with E-state index in [-0.39, 0.29) is 0 Å². The van der Waals surface area contributed by atoms with Crippen LogP contribution in [0.1, 0.15) is 12.0 Å². The maximum atomic E-state index is 5.43. The molecule has 0 spiro atoms. The quantitative estimate of drug-likeness (QED) is 0.736. The highest BCUT2D eigenvalue weighted by molar-refractivity contribution is 5.75. The Balaban J connectivity index is 2.02. The van der Waals surface area contributed by atoms with Crippen LogP contribution in [0.25, 0.3) is 11.0 Å². The Bertz CT molecular complexity index is 461.